The summed E-state index contributed by atoms with van der Waals surface area (Å²) in [6, 6.07) is 11.3. The van der Waals surface area contributed by atoms with Gasteiger partial charge in [-0.2, -0.15) is 0 Å². The molecule has 2 aromatic carbocycles. The van der Waals surface area contributed by atoms with Crippen LogP contribution in [0, 0.1) is 13.8 Å². The van der Waals surface area contributed by atoms with Gasteiger partial charge in [0.05, 0.1) is 5.75 Å². The van der Waals surface area contributed by atoms with Gasteiger partial charge in [-0.05, 0) is 51.3 Å². The molecule has 184 valence electrons. The summed E-state index contributed by atoms with van der Waals surface area (Å²) in [5.41, 5.74) is 4.28. The molecule has 4 nitrogen and oxygen atoms in total. The average molecular weight is 522 g/mol. The van der Waals surface area contributed by atoms with Crippen LogP contribution in [0.25, 0.3) is 0 Å². The van der Waals surface area contributed by atoms with E-state index in [1.807, 2.05) is 0 Å². The normalized spacial score (nSPS) is 15.1. The van der Waals surface area contributed by atoms with E-state index in [9.17, 15) is 9.59 Å². The van der Waals surface area contributed by atoms with Crippen molar-refractivity contribution in [1.29, 1.82) is 0 Å². The van der Waals surface area contributed by atoms with Gasteiger partial charge < -0.3 is 10.2 Å². The van der Waals surface area contributed by atoms with Crippen LogP contribution in [0.5, 0.6) is 0 Å². The Labute approximate surface area is 217 Å². The maximum Gasteiger partial charge on any atom is 0.242 e. The minimum Gasteiger partial charge on any atom is -0.352 e. The highest BCUT2D eigenvalue weighted by molar-refractivity contribution is 7.99. The number of halogens is 2. The molecule has 0 aliphatic heterocycles. The zero-order chi connectivity index (χ0) is 24.7. The summed E-state index contributed by atoms with van der Waals surface area (Å²) in [6.45, 7) is 6.14. The summed E-state index contributed by atoms with van der Waals surface area (Å²) in [5, 5.41) is 4.14. The number of carbonyl (C=O) groups is 2. The summed E-state index contributed by atoms with van der Waals surface area (Å²) in [6.07, 6.45) is 5.47. The van der Waals surface area contributed by atoms with Gasteiger partial charge in [0, 0.05) is 33.9 Å². The van der Waals surface area contributed by atoms with Crippen molar-refractivity contribution in [3.05, 3.63) is 68.7 Å². The van der Waals surface area contributed by atoms with Gasteiger partial charge in [-0.15, -0.1) is 11.8 Å². The smallest absolute Gasteiger partial charge is 0.242 e. The Bertz CT molecular complexity index is 968. The molecule has 3 rings (SSSR count). The topological polar surface area (TPSA) is 49.4 Å². The molecule has 2 aromatic rings. The zero-order valence-corrected chi connectivity index (χ0v) is 22.5. The van der Waals surface area contributed by atoms with E-state index in [-0.39, 0.29) is 30.2 Å². The maximum atomic E-state index is 13.4. The molecule has 1 aliphatic rings. The van der Waals surface area contributed by atoms with Crippen LogP contribution in [0.1, 0.15) is 61.3 Å². The Hall–Kier alpha value is -1.69. The predicted octanol–water partition coefficient (Wildman–Crippen LogP) is 6.71. The molecule has 1 fully saturated rings. The van der Waals surface area contributed by atoms with Gasteiger partial charge in [0.2, 0.25) is 11.8 Å². The van der Waals surface area contributed by atoms with Gasteiger partial charge in [-0.1, -0.05) is 77.9 Å². The van der Waals surface area contributed by atoms with Crippen LogP contribution in [0.3, 0.4) is 0 Å². The van der Waals surface area contributed by atoms with Crippen molar-refractivity contribution in [3.8, 4) is 0 Å². The number of hydrogen-bond acceptors (Lipinski definition) is 3. The summed E-state index contributed by atoms with van der Waals surface area (Å²) < 4.78 is 0. The zero-order valence-electron chi connectivity index (χ0n) is 20.2. The fourth-order valence-electron chi connectivity index (χ4n) is 4.50. The Morgan fingerprint density at radius 2 is 1.68 bits per heavy atom. The van der Waals surface area contributed by atoms with E-state index in [1.165, 1.54) is 23.1 Å². The summed E-state index contributed by atoms with van der Waals surface area (Å²) in [5.74, 6) is 0.785. The van der Waals surface area contributed by atoms with Crippen molar-refractivity contribution in [2.75, 3.05) is 5.75 Å². The standard InChI is InChI=1S/C27H34Cl2N2O2S/c1-18-12-19(2)14-21(13-18)16-34-17-26(32)31(15-23-24(28)10-7-11-25(23)29)20(3)27(33)30-22-8-5-4-6-9-22/h7,10-14,20,22H,4-6,8-9,15-17H2,1-3H3,(H,30,33)/t20-/m1/s1. The van der Waals surface area contributed by atoms with Gasteiger partial charge in [0.25, 0.3) is 0 Å². The van der Waals surface area contributed by atoms with Gasteiger partial charge >= 0.3 is 0 Å². The predicted molar refractivity (Wildman–Crippen MR) is 144 cm³/mol. The number of aryl methyl sites for hydroxylation is 2. The maximum absolute atomic E-state index is 13.4. The summed E-state index contributed by atoms with van der Waals surface area (Å²) in [4.78, 5) is 28.1. The van der Waals surface area contributed by atoms with Crippen molar-refractivity contribution in [2.24, 2.45) is 0 Å². The number of rotatable bonds is 9. The molecule has 0 saturated heterocycles. The summed E-state index contributed by atoms with van der Waals surface area (Å²) in [7, 11) is 0. The van der Waals surface area contributed by atoms with E-state index >= 15 is 0 Å². The third kappa shape index (κ3) is 7.66. The fourth-order valence-corrected chi connectivity index (χ4v) is 5.86. The lowest BCUT2D eigenvalue weighted by Gasteiger charge is -2.31. The Kier molecular flexibility index (Phi) is 10.2. The number of carbonyl (C=O) groups excluding carboxylic acids is 2. The second kappa shape index (κ2) is 12.9. The molecule has 0 aromatic heterocycles. The molecule has 0 radical (unpaired) electrons. The molecular formula is C27H34Cl2N2O2S. The minimum atomic E-state index is -0.622. The highest BCUT2D eigenvalue weighted by Gasteiger charge is 2.29. The lowest BCUT2D eigenvalue weighted by atomic mass is 9.95. The van der Waals surface area contributed by atoms with Crippen molar-refractivity contribution in [2.45, 2.75) is 77.3 Å². The fraction of sp³-hybridized carbons (Fsp3) is 0.481. The summed E-state index contributed by atoms with van der Waals surface area (Å²) >= 11 is 14.4. The van der Waals surface area contributed by atoms with Crippen LogP contribution in [0.2, 0.25) is 10.0 Å². The SMILES string of the molecule is Cc1cc(C)cc(CSCC(=O)N(Cc2c(Cl)cccc2Cl)[C@H](C)C(=O)NC2CCCCC2)c1. The lowest BCUT2D eigenvalue weighted by Crippen LogP contribution is -2.50. The van der Waals surface area contributed by atoms with Gasteiger partial charge in [0.15, 0.2) is 0 Å². The van der Waals surface area contributed by atoms with Crippen molar-refractivity contribution >= 4 is 46.8 Å². The van der Waals surface area contributed by atoms with E-state index in [2.05, 4.69) is 37.4 Å². The van der Waals surface area contributed by atoms with E-state index in [4.69, 9.17) is 23.2 Å². The Morgan fingerprint density at radius 1 is 1.06 bits per heavy atom. The number of amides is 2. The van der Waals surface area contributed by atoms with Crippen LogP contribution in [-0.2, 0) is 21.9 Å². The number of nitrogens with zero attached hydrogens (tertiary/aromatic N) is 1. The van der Waals surface area contributed by atoms with E-state index in [1.54, 1.807) is 41.8 Å². The molecule has 1 atom stereocenters. The third-order valence-electron chi connectivity index (χ3n) is 6.28. The monoisotopic (exact) mass is 520 g/mol. The highest BCUT2D eigenvalue weighted by Crippen LogP contribution is 2.27. The number of hydrogen-bond donors (Lipinski definition) is 1. The first-order chi connectivity index (χ1) is 16.2. The average Bonchev–Trinajstić information content (AvgIpc) is 2.78. The van der Waals surface area contributed by atoms with E-state index in [0.29, 0.717) is 15.6 Å². The molecule has 7 heteroatoms. The van der Waals surface area contributed by atoms with Crippen molar-refractivity contribution < 1.29 is 9.59 Å². The van der Waals surface area contributed by atoms with E-state index in [0.717, 1.165) is 31.4 Å². The molecular weight excluding hydrogens is 487 g/mol. The molecule has 0 unspecified atom stereocenters. The number of thioether (sulfide) groups is 1. The molecule has 2 amide bonds. The Balaban J connectivity index is 1.71. The van der Waals surface area contributed by atoms with Gasteiger partial charge in [-0.25, -0.2) is 0 Å². The number of nitrogens with one attached hydrogen (secondary N) is 1. The van der Waals surface area contributed by atoms with Crippen LogP contribution in [-0.4, -0.2) is 34.6 Å². The first kappa shape index (κ1) is 26.9. The second-order valence-electron chi connectivity index (χ2n) is 9.23. The van der Waals surface area contributed by atoms with Crippen LogP contribution in [0.4, 0.5) is 0 Å². The van der Waals surface area contributed by atoms with Crippen LogP contribution < -0.4 is 5.32 Å². The van der Waals surface area contributed by atoms with Gasteiger partial charge in [-0.3, -0.25) is 9.59 Å². The molecule has 1 aliphatic carbocycles. The minimum absolute atomic E-state index is 0.100. The second-order valence-corrected chi connectivity index (χ2v) is 11.0. The molecule has 0 spiro atoms. The molecule has 0 bridgehead atoms. The van der Waals surface area contributed by atoms with Crippen LogP contribution >= 0.6 is 35.0 Å². The molecule has 34 heavy (non-hydrogen) atoms. The number of benzene rings is 2. The molecule has 1 N–H and O–H groups in total. The van der Waals surface area contributed by atoms with Crippen molar-refractivity contribution in [3.63, 3.8) is 0 Å². The highest BCUT2D eigenvalue weighted by atomic mass is 35.5. The van der Waals surface area contributed by atoms with E-state index < -0.39 is 6.04 Å². The largest absolute Gasteiger partial charge is 0.352 e. The van der Waals surface area contributed by atoms with Crippen LogP contribution in [0.15, 0.2) is 36.4 Å². The third-order valence-corrected chi connectivity index (χ3v) is 7.98. The Morgan fingerprint density at radius 3 is 2.29 bits per heavy atom. The first-order valence-electron chi connectivity index (χ1n) is 11.9. The lowest BCUT2D eigenvalue weighted by molar-refractivity contribution is -0.139. The molecule has 0 heterocycles. The molecule has 1 saturated carbocycles. The van der Waals surface area contributed by atoms with Gasteiger partial charge in [0.1, 0.15) is 6.04 Å². The quantitative estimate of drug-likeness (QED) is 0.399. The van der Waals surface area contributed by atoms with Crippen molar-refractivity contribution in [1.82, 2.24) is 10.2 Å². The first-order valence-corrected chi connectivity index (χ1v) is 13.8.